The number of carbonyl (C=O) groups is 1. The van der Waals surface area contributed by atoms with Gasteiger partial charge in [-0.25, -0.2) is 31.5 Å². The van der Waals surface area contributed by atoms with E-state index in [1.165, 1.54) is 49.6 Å². The number of anilines is 2. The summed E-state index contributed by atoms with van der Waals surface area (Å²) in [4.78, 5) is 22.5. The zero-order valence-electron chi connectivity index (χ0n) is 21.0. The van der Waals surface area contributed by atoms with Crippen LogP contribution in [0.4, 0.5) is 11.6 Å². The number of hydrogen-bond donors (Lipinski definition) is 2. The van der Waals surface area contributed by atoms with Gasteiger partial charge in [-0.15, -0.1) is 0 Å². The lowest BCUT2D eigenvalue weighted by Gasteiger charge is -2.27. The zero-order valence-corrected chi connectivity index (χ0v) is 22.6. The molecular formula is C24H27N5O7S2. The molecule has 0 aliphatic carbocycles. The Morgan fingerprint density at radius 3 is 2.05 bits per heavy atom. The molecule has 1 aliphatic rings. The number of sulfonamides is 2. The van der Waals surface area contributed by atoms with Gasteiger partial charge in [-0.2, -0.15) is 0 Å². The van der Waals surface area contributed by atoms with Crippen molar-refractivity contribution in [1.29, 1.82) is 0 Å². The van der Waals surface area contributed by atoms with E-state index >= 15 is 0 Å². The van der Waals surface area contributed by atoms with Gasteiger partial charge in [0.2, 0.25) is 5.95 Å². The number of methoxy groups -OCH3 is 1. The molecule has 1 amide bonds. The summed E-state index contributed by atoms with van der Waals surface area (Å²) in [6.45, 7) is 5.00. The Kier molecular flexibility index (Phi) is 7.85. The lowest BCUT2D eigenvalue weighted by Crippen LogP contribution is -2.40. The first kappa shape index (κ1) is 27.3. The van der Waals surface area contributed by atoms with Crippen LogP contribution in [0.1, 0.15) is 21.7 Å². The van der Waals surface area contributed by atoms with Crippen LogP contribution in [0.5, 0.6) is 5.75 Å². The van der Waals surface area contributed by atoms with Crippen molar-refractivity contribution < 1.29 is 31.1 Å². The third-order valence-electron chi connectivity index (χ3n) is 5.63. The van der Waals surface area contributed by atoms with E-state index in [4.69, 9.17) is 9.47 Å². The lowest BCUT2D eigenvalue weighted by atomic mass is 10.1. The number of amides is 1. The van der Waals surface area contributed by atoms with Crippen LogP contribution in [-0.2, 0) is 24.8 Å². The number of aromatic nitrogens is 2. The maximum absolute atomic E-state index is 13.1. The number of rotatable bonds is 8. The molecule has 0 spiro atoms. The van der Waals surface area contributed by atoms with Crippen molar-refractivity contribution in [2.45, 2.75) is 23.6 Å². The smallest absolute Gasteiger partial charge is 0.264 e. The van der Waals surface area contributed by atoms with Crippen LogP contribution >= 0.6 is 0 Å². The minimum atomic E-state index is -4.12. The van der Waals surface area contributed by atoms with Gasteiger partial charge in [0.15, 0.2) is 0 Å². The van der Waals surface area contributed by atoms with E-state index in [2.05, 4.69) is 19.4 Å². The van der Waals surface area contributed by atoms with E-state index in [0.29, 0.717) is 37.7 Å². The van der Waals surface area contributed by atoms with E-state index in [-0.39, 0.29) is 38.6 Å². The molecule has 3 aromatic rings. The molecule has 1 aromatic heterocycles. The summed E-state index contributed by atoms with van der Waals surface area (Å²) >= 11 is 0. The first-order chi connectivity index (χ1) is 18.0. The second-order valence-electron chi connectivity index (χ2n) is 8.48. The van der Waals surface area contributed by atoms with Crippen LogP contribution < -0.4 is 14.2 Å². The van der Waals surface area contributed by atoms with Gasteiger partial charge in [0.1, 0.15) is 5.75 Å². The van der Waals surface area contributed by atoms with Gasteiger partial charge < -0.3 is 14.4 Å². The van der Waals surface area contributed by atoms with E-state index in [1.807, 2.05) is 0 Å². The molecule has 2 N–H and O–H groups in total. The molecule has 0 saturated carbocycles. The van der Waals surface area contributed by atoms with E-state index in [1.54, 1.807) is 24.8 Å². The average Bonchev–Trinajstić information content (AvgIpc) is 2.87. The Labute approximate surface area is 221 Å². The quantitative estimate of drug-likeness (QED) is 0.421. The van der Waals surface area contributed by atoms with Crippen molar-refractivity contribution in [3.8, 4) is 5.75 Å². The van der Waals surface area contributed by atoms with Crippen LogP contribution in [0.3, 0.4) is 0 Å². The highest BCUT2D eigenvalue weighted by Crippen LogP contribution is 2.26. The highest BCUT2D eigenvalue weighted by molar-refractivity contribution is 7.93. The van der Waals surface area contributed by atoms with E-state index < -0.39 is 20.0 Å². The van der Waals surface area contributed by atoms with Crippen molar-refractivity contribution in [1.82, 2.24) is 14.9 Å². The Hall–Kier alpha value is -3.75. The summed E-state index contributed by atoms with van der Waals surface area (Å²) in [7, 11) is -6.73. The van der Waals surface area contributed by atoms with E-state index in [9.17, 15) is 21.6 Å². The van der Waals surface area contributed by atoms with Gasteiger partial charge in [-0.3, -0.25) is 9.52 Å². The highest BCUT2D eigenvalue weighted by Gasteiger charge is 2.25. The second-order valence-corrected chi connectivity index (χ2v) is 11.8. The first-order valence-corrected chi connectivity index (χ1v) is 14.5. The first-order valence-electron chi connectivity index (χ1n) is 11.5. The summed E-state index contributed by atoms with van der Waals surface area (Å²) in [6, 6.07) is 10.8. The van der Waals surface area contributed by atoms with Gasteiger partial charge in [0, 0.05) is 30.2 Å². The molecule has 2 heterocycles. The fourth-order valence-corrected chi connectivity index (χ4v) is 5.85. The number of benzene rings is 2. The summed E-state index contributed by atoms with van der Waals surface area (Å²) < 4.78 is 67.0. The molecule has 1 aliphatic heterocycles. The molecule has 4 rings (SSSR count). The molecular weight excluding hydrogens is 534 g/mol. The predicted octanol–water partition coefficient (Wildman–Crippen LogP) is 2.18. The van der Waals surface area contributed by atoms with Crippen LogP contribution in [-0.4, -0.2) is 71.0 Å². The average molecular weight is 562 g/mol. The van der Waals surface area contributed by atoms with Gasteiger partial charge in [0.05, 0.1) is 35.7 Å². The monoisotopic (exact) mass is 561 g/mol. The minimum absolute atomic E-state index is 0.0609. The number of nitrogens with zero attached hydrogens (tertiary/aromatic N) is 3. The van der Waals surface area contributed by atoms with Crippen molar-refractivity contribution >= 4 is 37.6 Å². The third kappa shape index (κ3) is 6.20. The van der Waals surface area contributed by atoms with Crippen molar-refractivity contribution in [2.24, 2.45) is 0 Å². The number of hydrogen-bond acceptors (Lipinski definition) is 9. The number of carbonyl (C=O) groups excluding carboxylic acids is 1. The molecule has 14 heteroatoms. The Morgan fingerprint density at radius 1 is 0.868 bits per heavy atom. The molecule has 0 atom stereocenters. The SMILES string of the molecule is COc1ccc(S(=O)(=O)Nc2ccc(S(=O)(=O)Nc3nc(C)cc(C)n3)cc2)cc1C(=O)N1CCOCC1. The fraction of sp³-hybridized carbons (Fsp3) is 0.292. The van der Waals surface area contributed by atoms with Crippen LogP contribution in [0, 0.1) is 13.8 Å². The molecule has 38 heavy (non-hydrogen) atoms. The predicted molar refractivity (Wildman–Crippen MR) is 139 cm³/mol. The fourth-order valence-electron chi connectivity index (χ4n) is 3.83. The van der Waals surface area contributed by atoms with Gasteiger partial charge in [-0.05, 0) is 62.4 Å². The van der Waals surface area contributed by atoms with Gasteiger partial charge in [0.25, 0.3) is 26.0 Å². The highest BCUT2D eigenvalue weighted by atomic mass is 32.2. The Balaban J connectivity index is 1.53. The largest absolute Gasteiger partial charge is 0.496 e. The lowest BCUT2D eigenvalue weighted by molar-refractivity contribution is 0.0300. The summed E-state index contributed by atoms with van der Waals surface area (Å²) in [5.74, 6) is -0.179. The summed E-state index contributed by atoms with van der Waals surface area (Å²) in [6.07, 6.45) is 0. The zero-order chi connectivity index (χ0) is 27.5. The maximum atomic E-state index is 13.1. The maximum Gasteiger partial charge on any atom is 0.264 e. The minimum Gasteiger partial charge on any atom is -0.496 e. The molecule has 0 unspecified atom stereocenters. The normalized spacial score (nSPS) is 14.1. The van der Waals surface area contributed by atoms with Crippen LogP contribution in [0.25, 0.3) is 0 Å². The van der Waals surface area contributed by atoms with Gasteiger partial charge in [-0.1, -0.05) is 0 Å². The van der Waals surface area contributed by atoms with Crippen molar-refractivity contribution in [3.05, 3.63) is 65.5 Å². The molecule has 1 fully saturated rings. The number of nitrogens with one attached hydrogen (secondary N) is 2. The Morgan fingerprint density at radius 2 is 1.45 bits per heavy atom. The number of morpholine rings is 1. The summed E-state index contributed by atoms with van der Waals surface area (Å²) in [5.41, 5.74) is 1.45. The number of ether oxygens (including phenoxy) is 2. The molecule has 202 valence electrons. The van der Waals surface area contributed by atoms with Crippen molar-refractivity contribution in [3.63, 3.8) is 0 Å². The second kappa shape index (κ2) is 10.9. The molecule has 12 nitrogen and oxygen atoms in total. The van der Waals surface area contributed by atoms with E-state index in [0.717, 1.165) is 0 Å². The van der Waals surface area contributed by atoms with Crippen LogP contribution in [0.2, 0.25) is 0 Å². The molecule has 0 bridgehead atoms. The Bertz CT molecular complexity index is 1530. The summed E-state index contributed by atoms with van der Waals surface area (Å²) in [5, 5.41) is 0. The van der Waals surface area contributed by atoms with Crippen molar-refractivity contribution in [2.75, 3.05) is 42.9 Å². The molecule has 0 radical (unpaired) electrons. The topological polar surface area (TPSA) is 157 Å². The molecule has 2 aromatic carbocycles. The van der Waals surface area contributed by atoms with Gasteiger partial charge >= 0.3 is 0 Å². The number of aryl methyl sites for hydroxylation is 2. The molecule has 1 saturated heterocycles. The standard InChI is InChI=1S/C24H27N5O7S2/c1-16-14-17(2)26-24(25-16)28-37(31,32)19-6-4-18(5-7-19)27-38(33,34)20-8-9-22(35-3)21(15-20)23(30)29-10-12-36-13-11-29/h4-9,14-15,27H,10-13H2,1-3H3,(H,25,26,28). The van der Waals surface area contributed by atoms with Crippen LogP contribution in [0.15, 0.2) is 58.3 Å². The third-order valence-corrected chi connectivity index (χ3v) is 8.36.